The molecule has 0 saturated carbocycles. The Bertz CT molecular complexity index is 1380. The molecule has 0 saturated heterocycles. The van der Waals surface area contributed by atoms with Gasteiger partial charge in [0, 0.05) is 24.0 Å². The van der Waals surface area contributed by atoms with Crippen molar-refractivity contribution in [2.75, 3.05) is 18.3 Å². The maximum Gasteiger partial charge on any atom is 0.278 e. The molecule has 2 aromatic heterocycles. The second kappa shape index (κ2) is 9.07. The van der Waals surface area contributed by atoms with Gasteiger partial charge in [-0.3, -0.25) is 24.3 Å². The molecule has 1 N–H and O–H groups in total. The number of benzene rings is 1. The number of nitrogens with zero attached hydrogens (tertiary/aromatic N) is 4. The lowest BCUT2D eigenvalue weighted by molar-refractivity contribution is 0.0625. The molecule has 0 aliphatic carbocycles. The largest absolute Gasteiger partial charge is 0.502 e. The number of fused-ring (bicyclic) bond motifs is 5. The minimum Gasteiger partial charge on any atom is -0.502 e. The summed E-state index contributed by atoms with van der Waals surface area (Å²) in [6, 6.07) is 8.32. The lowest BCUT2D eigenvalue weighted by Gasteiger charge is -2.45. The third-order valence-electron chi connectivity index (χ3n) is 6.23. The minimum absolute atomic E-state index is 0.0899. The van der Waals surface area contributed by atoms with E-state index in [0.717, 1.165) is 0 Å². The van der Waals surface area contributed by atoms with Crippen LogP contribution in [0.5, 0.6) is 11.5 Å². The highest BCUT2D eigenvalue weighted by Crippen LogP contribution is 2.41. The number of hydrogen-bond acceptors (Lipinski definition) is 6. The van der Waals surface area contributed by atoms with E-state index < -0.39 is 28.9 Å². The molecular formula is C25H22ClFN4O4. The van der Waals surface area contributed by atoms with Crippen LogP contribution in [0.25, 0.3) is 0 Å². The summed E-state index contributed by atoms with van der Waals surface area (Å²) in [5.41, 5.74) is 0.254. The van der Waals surface area contributed by atoms with Crippen LogP contribution >= 0.6 is 11.6 Å². The first-order valence-electron chi connectivity index (χ1n) is 11.1. The highest BCUT2D eigenvalue weighted by Gasteiger charge is 2.40. The number of aromatic hydroxyl groups is 1. The van der Waals surface area contributed by atoms with Crippen molar-refractivity contribution in [2.45, 2.75) is 25.4 Å². The summed E-state index contributed by atoms with van der Waals surface area (Å²) in [5, 5.41) is 12.3. The predicted octanol–water partition coefficient (Wildman–Crippen LogP) is 3.61. The van der Waals surface area contributed by atoms with Crippen LogP contribution in [0.3, 0.4) is 0 Å². The average Bonchev–Trinajstić information content (AvgIpc) is 2.89. The molecule has 0 unspecified atom stereocenters. The van der Waals surface area contributed by atoms with Gasteiger partial charge in [0.25, 0.3) is 5.91 Å². The second-order valence-electron chi connectivity index (χ2n) is 8.23. The number of ether oxygens (including phenoxy) is 1. The summed E-state index contributed by atoms with van der Waals surface area (Å²) in [6.07, 6.45) is 7.19. The third kappa shape index (κ3) is 3.81. The topological polar surface area (TPSA) is 87.9 Å². The Hall–Kier alpha value is -3.85. The molecule has 5 rings (SSSR count). The van der Waals surface area contributed by atoms with E-state index in [-0.39, 0.29) is 35.8 Å². The van der Waals surface area contributed by atoms with Crippen LogP contribution < -0.4 is 15.2 Å². The zero-order valence-electron chi connectivity index (χ0n) is 18.8. The lowest BCUT2D eigenvalue weighted by Crippen LogP contribution is -2.57. The monoisotopic (exact) mass is 496 g/mol. The number of carbonyl (C=O) groups excluding carboxylic acids is 1. The standard InChI is InChI=1S/C25H22ClFN4O4/c1-2-15-6-5-13-35-24-16(8-9-17(27)20(24)26)21(18-7-3-4-11-28-18)31-14-29(15)25(34)22-23(33)19(32)10-12-30(22)31/h3-12,15,21,33H,2,13-14H2,1H3/b6-5+/t15-,21+/m0/s1. The molecule has 0 radical (unpaired) electrons. The predicted molar refractivity (Wildman–Crippen MR) is 128 cm³/mol. The number of pyridine rings is 2. The molecule has 3 aromatic rings. The minimum atomic E-state index is -0.712. The number of halogens is 2. The maximum atomic E-state index is 14.5. The van der Waals surface area contributed by atoms with Gasteiger partial charge in [0.15, 0.2) is 11.4 Å². The van der Waals surface area contributed by atoms with E-state index in [2.05, 4.69) is 4.98 Å². The fourth-order valence-electron chi connectivity index (χ4n) is 4.54. The molecule has 0 spiro atoms. The Labute approximate surface area is 205 Å². The number of hydrogen-bond donors (Lipinski definition) is 1. The van der Waals surface area contributed by atoms with E-state index in [9.17, 15) is 19.1 Å². The smallest absolute Gasteiger partial charge is 0.278 e. The molecule has 180 valence electrons. The van der Waals surface area contributed by atoms with E-state index in [1.807, 2.05) is 19.1 Å². The van der Waals surface area contributed by atoms with Gasteiger partial charge in [-0.1, -0.05) is 30.7 Å². The summed E-state index contributed by atoms with van der Waals surface area (Å²) < 4.78 is 21.9. The van der Waals surface area contributed by atoms with Crippen LogP contribution in [0.2, 0.25) is 5.02 Å². The molecule has 2 atom stereocenters. The molecule has 1 aromatic carbocycles. The van der Waals surface area contributed by atoms with E-state index in [0.29, 0.717) is 17.7 Å². The van der Waals surface area contributed by atoms with Crippen molar-refractivity contribution in [1.82, 2.24) is 14.6 Å². The number of carbonyl (C=O) groups is 1. The number of aromatic nitrogens is 2. The second-order valence-corrected chi connectivity index (χ2v) is 8.61. The van der Waals surface area contributed by atoms with Crippen molar-refractivity contribution in [1.29, 1.82) is 0 Å². The molecule has 2 aliphatic heterocycles. The SMILES string of the molecule is CC[C@H]1/C=C/COc2c(ccc(F)c2Cl)[C@H](c2ccccn2)N2CN1C(=O)c1c(O)c(=O)ccn12. The van der Waals surface area contributed by atoms with Gasteiger partial charge in [0.05, 0.1) is 11.7 Å². The quantitative estimate of drug-likeness (QED) is 0.545. The molecule has 2 bridgehead atoms. The van der Waals surface area contributed by atoms with Crippen molar-refractivity contribution in [3.05, 3.63) is 99.0 Å². The summed E-state index contributed by atoms with van der Waals surface area (Å²) >= 11 is 6.37. The molecule has 1 amide bonds. The van der Waals surface area contributed by atoms with Crippen molar-refractivity contribution in [3.63, 3.8) is 0 Å². The molecule has 8 nitrogen and oxygen atoms in total. The van der Waals surface area contributed by atoms with Gasteiger partial charge >= 0.3 is 0 Å². The zero-order valence-corrected chi connectivity index (χ0v) is 19.5. The first-order valence-corrected chi connectivity index (χ1v) is 11.5. The molecule has 35 heavy (non-hydrogen) atoms. The van der Waals surface area contributed by atoms with Crippen molar-refractivity contribution < 1.29 is 19.0 Å². The van der Waals surface area contributed by atoms with Crippen molar-refractivity contribution >= 4 is 17.5 Å². The molecule has 2 aliphatic rings. The van der Waals surface area contributed by atoms with E-state index in [4.69, 9.17) is 16.3 Å². The van der Waals surface area contributed by atoms with Gasteiger partial charge in [-0.25, -0.2) is 4.39 Å². The maximum absolute atomic E-state index is 14.5. The van der Waals surface area contributed by atoms with Crippen LogP contribution in [0, 0.1) is 5.82 Å². The molecule has 0 fully saturated rings. The Balaban J connectivity index is 1.84. The zero-order chi connectivity index (χ0) is 24.7. The molecule has 4 heterocycles. The van der Waals surface area contributed by atoms with E-state index >= 15 is 0 Å². The Morgan fingerprint density at radius 2 is 2.06 bits per heavy atom. The highest BCUT2D eigenvalue weighted by molar-refractivity contribution is 6.32. The molecule has 10 heteroatoms. The van der Waals surface area contributed by atoms with Crippen LogP contribution in [-0.2, 0) is 0 Å². The molecular weight excluding hydrogens is 475 g/mol. The Kier molecular flexibility index (Phi) is 5.94. The van der Waals surface area contributed by atoms with Gasteiger partial charge < -0.3 is 14.7 Å². The number of amides is 1. The summed E-state index contributed by atoms with van der Waals surface area (Å²) in [7, 11) is 0. The van der Waals surface area contributed by atoms with Crippen LogP contribution in [0.1, 0.15) is 41.1 Å². The average molecular weight is 497 g/mol. The normalized spacial score (nSPS) is 20.4. The summed E-state index contributed by atoms with van der Waals surface area (Å²) in [4.78, 5) is 32.0. The van der Waals surface area contributed by atoms with E-state index in [1.165, 1.54) is 23.0 Å². The van der Waals surface area contributed by atoms with Gasteiger partial charge in [-0.05, 0) is 36.8 Å². The van der Waals surface area contributed by atoms with Gasteiger partial charge in [-0.15, -0.1) is 0 Å². The Morgan fingerprint density at radius 1 is 1.23 bits per heavy atom. The first-order chi connectivity index (χ1) is 16.9. The van der Waals surface area contributed by atoms with Gasteiger partial charge in [0.1, 0.15) is 35.9 Å². The highest BCUT2D eigenvalue weighted by atomic mass is 35.5. The fourth-order valence-corrected chi connectivity index (χ4v) is 4.77. The Morgan fingerprint density at radius 3 is 2.80 bits per heavy atom. The number of rotatable bonds is 2. The van der Waals surface area contributed by atoms with Crippen LogP contribution in [-0.4, -0.2) is 44.9 Å². The van der Waals surface area contributed by atoms with E-state index in [1.54, 1.807) is 40.4 Å². The first kappa shape index (κ1) is 22.9. The van der Waals surface area contributed by atoms with Crippen molar-refractivity contribution in [2.24, 2.45) is 0 Å². The summed E-state index contributed by atoms with van der Waals surface area (Å²) in [5.74, 6) is -1.61. The van der Waals surface area contributed by atoms with Gasteiger partial charge in [0.2, 0.25) is 5.43 Å². The summed E-state index contributed by atoms with van der Waals surface area (Å²) in [6.45, 7) is 2.11. The van der Waals surface area contributed by atoms with Crippen LogP contribution in [0.15, 0.2) is 65.7 Å². The lowest BCUT2D eigenvalue weighted by atomic mass is 10.0. The van der Waals surface area contributed by atoms with Crippen molar-refractivity contribution in [3.8, 4) is 11.5 Å². The third-order valence-corrected chi connectivity index (χ3v) is 6.59. The van der Waals surface area contributed by atoms with Crippen LogP contribution in [0.4, 0.5) is 4.39 Å². The fraction of sp³-hybridized carbons (Fsp3) is 0.240. The van der Waals surface area contributed by atoms with Gasteiger partial charge in [-0.2, -0.15) is 0 Å².